The van der Waals surface area contributed by atoms with E-state index in [1.54, 1.807) is 26.4 Å². The second-order valence-corrected chi connectivity index (χ2v) is 4.62. The van der Waals surface area contributed by atoms with Gasteiger partial charge in [-0.05, 0) is 47.9 Å². The Morgan fingerprint density at radius 3 is 2.15 bits per heavy atom. The van der Waals surface area contributed by atoms with Crippen molar-refractivity contribution in [2.45, 2.75) is 13.0 Å². The van der Waals surface area contributed by atoms with E-state index in [1.165, 1.54) is 12.1 Å². The summed E-state index contributed by atoms with van der Waals surface area (Å²) in [5.74, 6) is 1.02. The zero-order valence-electron chi connectivity index (χ0n) is 11.8. The molecule has 0 aliphatic heterocycles. The van der Waals surface area contributed by atoms with Crippen molar-refractivity contribution in [3.8, 4) is 11.5 Å². The van der Waals surface area contributed by atoms with Crippen molar-refractivity contribution in [1.29, 1.82) is 0 Å². The summed E-state index contributed by atoms with van der Waals surface area (Å²) in [5.41, 5.74) is 8.77. The predicted octanol–water partition coefficient (Wildman–Crippen LogP) is 3.20. The molecular weight excluding hydrogens is 257 g/mol. The summed E-state index contributed by atoms with van der Waals surface area (Å²) in [6.07, 6.45) is 0. The van der Waals surface area contributed by atoms with Crippen LogP contribution in [0.5, 0.6) is 11.5 Å². The van der Waals surface area contributed by atoms with Gasteiger partial charge >= 0.3 is 0 Å². The molecule has 0 aliphatic rings. The van der Waals surface area contributed by atoms with Crippen molar-refractivity contribution >= 4 is 0 Å². The summed E-state index contributed by atoms with van der Waals surface area (Å²) in [7, 11) is 3.16. The first-order valence-electron chi connectivity index (χ1n) is 6.29. The molecule has 2 aromatic carbocycles. The molecule has 0 radical (unpaired) electrons. The first kappa shape index (κ1) is 14.3. The van der Waals surface area contributed by atoms with E-state index in [-0.39, 0.29) is 5.82 Å². The lowest BCUT2D eigenvalue weighted by Gasteiger charge is -2.17. The monoisotopic (exact) mass is 275 g/mol. The zero-order valence-corrected chi connectivity index (χ0v) is 11.8. The molecule has 0 fully saturated rings. The largest absolute Gasteiger partial charge is 0.497 e. The van der Waals surface area contributed by atoms with Crippen LogP contribution in [0.3, 0.4) is 0 Å². The second kappa shape index (κ2) is 5.92. The number of benzene rings is 2. The number of halogens is 1. The number of nitrogens with two attached hydrogens (primary N) is 1. The Morgan fingerprint density at radius 1 is 1.00 bits per heavy atom. The van der Waals surface area contributed by atoms with E-state index in [1.807, 2.05) is 19.1 Å². The number of rotatable bonds is 4. The van der Waals surface area contributed by atoms with Gasteiger partial charge in [-0.25, -0.2) is 4.39 Å². The lowest BCUT2D eigenvalue weighted by atomic mass is 9.95. The fourth-order valence-corrected chi connectivity index (χ4v) is 2.13. The molecule has 2 aromatic rings. The van der Waals surface area contributed by atoms with Crippen LogP contribution < -0.4 is 15.2 Å². The molecule has 0 aliphatic carbocycles. The van der Waals surface area contributed by atoms with Crippen LogP contribution in [0.1, 0.15) is 22.7 Å². The molecule has 1 atom stereocenters. The van der Waals surface area contributed by atoms with E-state index < -0.39 is 6.04 Å². The van der Waals surface area contributed by atoms with Crippen LogP contribution >= 0.6 is 0 Å². The molecule has 20 heavy (non-hydrogen) atoms. The van der Waals surface area contributed by atoms with Gasteiger partial charge in [-0.15, -0.1) is 0 Å². The summed E-state index contributed by atoms with van der Waals surface area (Å²) < 4.78 is 23.9. The maximum Gasteiger partial charge on any atom is 0.123 e. The highest BCUT2D eigenvalue weighted by atomic mass is 19.1. The van der Waals surface area contributed by atoms with E-state index in [9.17, 15) is 4.39 Å². The van der Waals surface area contributed by atoms with Crippen molar-refractivity contribution in [2.24, 2.45) is 5.73 Å². The van der Waals surface area contributed by atoms with Gasteiger partial charge in [-0.3, -0.25) is 0 Å². The highest BCUT2D eigenvalue weighted by molar-refractivity contribution is 5.44. The zero-order chi connectivity index (χ0) is 14.7. The Kier molecular flexibility index (Phi) is 4.25. The highest BCUT2D eigenvalue weighted by Crippen LogP contribution is 2.30. The van der Waals surface area contributed by atoms with Gasteiger partial charge in [-0.2, -0.15) is 0 Å². The minimum absolute atomic E-state index is 0.295. The second-order valence-electron chi connectivity index (χ2n) is 4.62. The van der Waals surface area contributed by atoms with Gasteiger partial charge < -0.3 is 15.2 Å². The molecule has 106 valence electrons. The van der Waals surface area contributed by atoms with E-state index in [0.29, 0.717) is 11.5 Å². The minimum Gasteiger partial charge on any atom is -0.497 e. The smallest absolute Gasteiger partial charge is 0.123 e. The quantitative estimate of drug-likeness (QED) is 0.932. The summed E-state index contributed by atoms with van der Waals surface area (Å²) in [4.78, 5) is 0. The molecule has 0 saturated heterocycles. The van der Waals surface area contributed by atoms with Crippen molar-refractivity contribution in [3.63, 3.8) is 0 Å². The molecule has 0 spiro atoms. The lowest BCUT2D eigenvalue weighted by molar-refractivity contribution is 0.393. The van der Waals surface area contributed by atoms with E-state index in [0.717, 1.165) is 16.7 Å². The van der Waals surface area contributed by atoms with Crippen molar-refractivity contribution < 1.29 is 13.9 Å². The number of aryl methyl sites for hydroxylation is 1. The third-order valence-corrected chi connectivity index (χ3v) is 3.31. The van der Waals surface area contributed by atoms with Crippen LogP contribution in [0, 0.1) is 12.7 Å². The number of methoxy groups -OCH3 is 2. The normalized spacial score (nSPS) is 12.1. The average molecular weight is 275 g/mol. The average Bonchev–Trinajstić information content (AvgIpc) is 2.48. The van der Waals surface area contributed by atoms with E-state index in [2.05, 4.69) is 0 Å². The van der Waals surface area contributed by atoms with Gasteiger partial charge in [0.25, 0.3) is 0 Å². The van der Waals surface area contributed by atoms with Crippen LogP contribution in [0.2, 0.25) is 0 Å². The van der Waals surface area contributed by atoms with Crippen LogP contribution in [-0.4, -0.2) is 14.2 Å². The standard InChI is InChI=1S/C16H18FNO2/c1-10-4-5-12(17)8-15(10)16(18)11-6-13(19-2)9-14(7-11)20-3/h4-9,16H,18H2,1-3H3. The molecular formula is C16H18FNO2. The topological polar surface area (TPSA) is 44.5 Å². The number of hydrogen-bond acceptors (Lipinski definition) is 3. The van der Waals surface area contributed by atoms with Crippen molar-refractivity contribution in [2.75, 3.05) is 14.2 Å². The predicted molar refractivity (Wildman–Crippen MR) is 76.7 cm³/mol. The molecule has 0 heterocycles. The van der Waals surface area contributed by atoms with Gasteiger partial charge in [0.1, 0.15) is 17.3 Å². The van der Waals surface area contributed by atoms with Gasteiger partial charge in [0.15, 0.2) is 0 Å². The molecule has 2 rings (SSSR count). The Morgan fingerprint density at radius 2 is 1.60 bits per heavy atom. The molecule has 0 aromatic heterocycles. The summed E-state index contributed by atoms with van der Waals surface area (Å²) >= 11 is 0. The molecule has 4 heteroatoms. The fourth-order valence-electron chi connectivity index (χ4n) is 2.13. The maximum absolute atomic E-state index is 13.4. The molecule has 3 nitrogen and oxygen atoms in total. The maximum atomic E-state index is 13.4. The molecule has 0 amide bonds. The molecule has 0 bridgehead atoms. The molecule has 0 saturated carbocycles. The highest BCUT2D eigenvalue weighted by Gasteiger charge is 2.14. The van der Waals surface area contributed by atoms with E-state index >= 15 is 0 Å². The first-order chi connectivity index (χ1) is 9.55. The van der Waals surface area contributed by atoms with Crippen LogP contribution in [0.4, 0.5) is 4.39 Å². The summed E-state index contributed by atoms with van der Waals surface area (Å²) in [6.45, 7) is 1.91. The summed E-state index contributed by atoms with van der Waals surface area (Å²) in [6, 6.07) is 9.62. The Labute approximate surface area is 118 Å². The van der Waals surface area contributed by atoms with E-state index in [4.69, 9.17) is 15.2 Å². The molecule has 1 unspecified atom stereocenters. The lowest BCUT2D eigenvalue weighted by Crippen LogP contribution is -2.14. The van der Waals surface area contributed by atoms with Gasteiger partial charge in [0.2, 0.25) is 0 Å². The SMILES string of the molecule is COc1cc(OC)cc(C(N)c2cc(F)ccc2C)c1. The molecule has 2 N–H and O–H groups in total. The summed E-state index contributed by atoms with van der Waals surface area (Å²) in [5, 5.41) is 0. The number of hydrogen-bond donors (Lipinski definition) is 1. The third-order valence-electron chi connectivity index (χ3n) is 3.31. The van der Waals surface area contributed by atoms with Gasteiger partial charge in [0.05, 0.1) is 20.3 Å². The first-order valence-corrected chi connectivity index (χ1v) is 6.29. The van der Waals surface area contributed by atoms with Crippen molar-refractivity contribution in [3.05, 3.63) is 58.9 Å². The van der Waals surface area contributed by atoms with Crippen molar-refractivity contribution in [1.82, 2.24) is 0 Å². The third kappa shape index (κ3) is 2.91. The van der Waals surface area contributed by atoms with Crippen LogP contribution in [0.25, 0.3) is 0 Å². The van der Waals surface area contributed by atoms with Gasteiger partial charge in [-0.1, -0.05) is 6.07 Å². The fraction of sp³-hybridized carbons (Fsp3) is 0.250. The number of ether oxygens (including phenoxy) is 2. The van der Waals surface area contributed by atoms with Gasteiger partial charge in [0, 0.05) is 6.07 Å². The Hall–Kier alpha value is -2.07. The Balaban J connectivity index is 2.46. The minimum atomic E-state index is -0.435. The Bertz CT molecular complexity index is 591. The van der Waals surface area contributed by atoms with Crippen LogP contribution in [0.15, 0.2) is 36.4 Å². The van der Waals surface area contributed by atoms with Crippen LogP contribution in [-0.2, 0) is 0 Å².